The molecule has 0 bridgehead atoms. The number of hydrogen-bond donors (Lipinski definition) is 2. The number of nitrogens with one attached hydrogen (secondary N) is 1. The summed E-state index contributed by atoms with van der Waals surface area (Å²) in [6.45, 7) is 5.10. The summed E-state index contributed by atoms with van der Waals surface area (Å²) in [5.41, 5.74) is 5.80. The van der Waals surface area contributed by atoms with Crippen LogP contribution in [0.3, 0.4) is 0 Å². The number of nitrogens with zero attached hydrogens (tertiary/aromatic N) is 3. The molecule has 1 atom stereocenters. The summed E-state index contributed by atoms with van der Waals surface area (Å²) in [4.78, 5) is 22.4. The molecule has 2 heterocycles. The molecule has 1 aliphatic rings. The molecular formula is C13H21N5O2. The highest BCUT2D eigenvalue weighted by atomic mass is 16.5. The summed E-state index contributed by atoms with van der Waals surface area (Å²) >= 11 is 0. The lowest BCUT2D eigenvalue weighted by Crippen LogP contribution is -2.47. The third-order valence-corrected chi connectivity index (χ3v) is 3.50. The fraction of sp³-hybridized carbons (Fsp3) is 0.615. The van der Waals surface area contributed by atoms with Gasteiger partial charge < -0.3 is 20.7 Å². The average Bonchev–Trinajstić information content (AvgIpc) is 2.47. The zero-order valence-electron chi connectivity index (χ0n) is 11.9. The number of aromatic nitrogens is 2. The Morgan fingerprint density at radius 2 is 2.45 bits per heavy atom. The molecule has 7 nitrogen and oxygen atoms in total. The highest BCUT2D eigenvalue weighted by Gasteiger charge is 2.23. The van der Waals surface area contributed by atoms with E-state index in [9.17, 15) is 4.79 Å². The number of hydrogen-bond acceptors (Lipinski definition) is 6. The van der Waals surface area contributed by atoms with E-state index < -0.39 is 0 Å². The molecule has 0 radical (unpaired) electrons. The topological polar surface area (TPSA) is 93.4 Å². The van der Waals surface area contributed by atoms with E-state index in [1.54, 1.807) is 0 Å². The molecule has 0 aliphatic carbocycles. The summed E-state index contributed by atoms with van der Waals surface area (Å²) in [7, 11) is 1.46. The Kier molecular flexibility index (Phi) is 4.73. The van der Waals surface area contributed by atoms with Gasteiger partial charge in [0.25, 0.3) is 5.91 Å². The molecule has 1 aromatic heterocycles. The molecule has 1 amide bonds. The van der Waals surface area contributed by atoms with Crippen molar-refractivity contribution in [3.05, 3.63) is 11.8 Å². The molecule has 0 saturated carbocycles. The van der Waals surface area contributed by atoms with Crippen LogP contribution in [0, 0.1) is 0 Å². The van der Waals surface area contributed by atoms with Gasteiger partial charge in [0.15, 0.2) is 0 Å². The predicted octanol–water partition coefficient (Wildman–Crippen LogP) is 0.282. The van der Waals surface area contributed by atoms with Crippen molar-refractivity contribution in [1.82, 2.24) is 20.2 Å². The number of carbonyl (C=O) groups excluding carboxylic acids is 1. The molecule has 0 aromatic carbocycles. The third-order valence-electron chi connectivity index (χ3n) is 3.50. The Labute approximate surface area is 118 Å². The standard InChI is InChI=1S/C13H21N5O2/c1-3-18-6-4-5-9(8-18)16-11(19)10-7-15-13(14)17-12(10)20-2/h7,9H,3-6,8H2,1-2H3,(H,16,19)(H2,14,15,17)/t9-/m1/s1. The summed E-state index contributed by atoms with van der Waals surface area (Å²) in [5.74, 6) is 0.0798. The molecule has 3 N–H and O–H groups in total. The van der Waals surface area contributed by atoms with Crippen LogP contribution in [0.5, 0.6) is 5.88 Å². The van der Waals surface area contributed by atoms with E-state index in [1.165, 1.54) is 13.3 Å². The number of piperidine rings is 1. The van der Waals surface area contributed by atoms with Crippen LogP contribution < -0.4 is 15.8 Å². The van der Waals surface area contributed by atoms with Gasteiger partial charge in [0.2, 0.25) is 11.8 Å². The van der Waals surface area contributed by atoms with E-state index >= 15 is 0 Å². The lowest BCUT2D eigenvalue weighted by molar-refractivity contribution is 0.0901. The molecule has 2 rings (SSSR count). The molecular weight excluding hydrogens is 258 g/mol. The Morgan fingerprint density at radius 3 is 3.15 bits per heavy atom. The van der Waals surface area contributed by atoms with Gasteiger partial charge >= 0.3 is 0 Å². The molecule has 1 fully saturated rings. The van der Waals surface area contributed by atoms with Gasteiger partial charge in [-0.3, -0.25) is 4.79 Å². The zero-order valence-corrected chi connectivity index (χ0v) is 11.9. The van der Waals surface area contributed by atoms with Crippen molar-refractivity contribution in [2.45, 2.75) is 25.8 Å². The molecule has 1 aliphatic heterocycles. The van der Waals surface area contributed by atoms with Crippen molar-refractivity contribution in [2.24, 2.45) is 0 Å². The fourth-order valence-corrected chi connectivity index (χ4v) is 2.41. The number of methoxy groups -OCH3 is 1. The maximum absolute atomic E-state index is 12.3. The van der Waals surface area contributed by atoms with Crippen LogP contribution in [0.4, 0.5) is 5.95 Å². The van der Waals surface area contributed by atoms with Crippen molar-refractivity contribution in [1.29, 1.82) is 0 Å². The summed E-state index contributed by atoms with van der Waals surface area (Å²) < 4.78 is 5.08. The van der Waals surface area contributed by atoms with Gasteiger partial charge in [-0.05, 0) is 25.9 Å². The maximum atomic E-state index is 12.3. The van der Waals surface area contributed by atoms with Crippen LogP contribution in [0.15, 0.2) is 6.20 Å². The molecule has 0 unspecified atom stereocenters. The van der Waals surface area contributed by atoms with E-state index in [4.69, 9.17) is 10.5 Å². The maximum Gasteiger partial charge on any atom is 0.258 e. The number of amides is 1. The second-order valence-electron chi connectivity index (χ2n) is 4.86. The number of ether oxygens (including phenoxy) is 1. The van der Waals surface area contributed by atoms with E-state index in [-0.39, 0.29) is 23.8 Å². The van der Waals surface area contributed by atoms with E-state index in [0.717, 1.165) is 32.5 Å². The second kappa shape index (κ2) is 6.51. The predicted molar refractivity (Wildman–Crippen MR) is 75.6 cm³/mol. The van der Waals surface area contributed by atoms with Crippen LogP contribution in [0.1, 0.15) is 30.1 Å². The van der Waals surface area contributed by atoms with Gasteiger partial charge in [0, 0.05) is 18.8 Å². The fourth-order valence-electron chi connectivity index (χ4n) is 2.41. The monoisotopic (exact) mass is 279 g/mol. The number of nitrogens with two attached hydrogens (primary N) is 1. The summed E-state index contributed by atoms with van der Waals surface area (Å²) in [5, 5.41) is 3.01. The number of anilines is 1. The SMILES string of the molecule is CCN1CCC[C@@H](NC(=O)c2cnc(N)nc2OC)C1. The van der Waals surface area contributed by atoms with Crippen LogP contribution in [0.25, 0.3) is 0 Å². The molecule has 110 valence electrons. The van der Waals surface area contributed by atoms with Crippen molar-refractivity contribution < 1.29 is 9.53 Å². The van der Waals surface area contributed by atoms with Gasteiger partial charge in [-0.1, -0.05) is 6.92 Å². The highest BCUT2D eigenvalue weighted by molar-refractivity contribution is 5.96. The lowest BCUT2D eigenvalue weighted by Gasteiger charge is -2.32. The number of likely N-dealkylation sites (N-methyl/N-ethyl adjacent to an activating group) is 1. The smallest absolute Gasteiger partial charge is 0.258 e. The summed E-state index contributed by atoms with van der Waals surface area (Å²) in [6.07, 6.45) is 3.48. The normalized spacial score (nSPS) is 19.6. The number of carbonyl (C=O) groups is 1. The average molecular weight is 279 g/mol. The first-order valence-corrected chi connectivity index (χ1v) is 6.83. The van der Waals surface area contributed by atoms with Crippen LogP contribution in [0.2, 0.25) is 0 Å². The van der Waals surface area contributed by atoms with Crippen molar-refractivity contribution in [2.75, 3.05) is 32.5 Å². The Hall–Kier alpha value is -1.89. The Bertz CT molecular complexity index is 480. The van der Waals surface area contributed by atoms with Gasteiger partial charge in [0.05, 0.1) is 7.11 Å². The zero-order chi connectivity index (χ0) is 14.5. The highest BCUT2D eigenvalue weighted by Crippen LogP contribution is 2.16. The number of rotatable bonds is 4. The van der Waals surface area contributed by atoms with Gasteiger partial charge in [-0.2, -0.15) is 4.98 Å². The quantitative estimate of drug-likeness (QED) is 0.822. The minimum absolute atomic E-state index is 0.0909. The second-order valence-corrected chi connectivity index (χ2v) is 4.86. The molecule has 7 heteroatoms. The summed E-state index contributed by atoms with van der Waals surface area (Å²) in [6, 6.07) is 0.151. The van der Waals surface area contributed by atoms with E-state index in [0.29, 0.717) is 5.56 Å². The first kappa shape index (κ1) is 14.5. The molecule has 0 spiro atoms. The molecule has 1 saturated heterocycles. The van der Waals surface area contributed by atoms with E-state index in [2.05, 4.69) is 27.1 Å². The van der Waals surface area contributed by atoms with Crippen LogP contribution in [-0.4, -0.2) is 53.6 Å². The Balaban J connectivity index is 2.04. The molecule has 20 heavy (non-hydrogen) atoms. The van der Waals surface area contributed by atoms with Crippen molar-refractivity contribution in [3.63, 3.8) is 0 Å². The minimum Gasteiger partial charge on any atom is -0.480 e. The number of likely N-dealkylation sites (tertiary alicyclic amines) is 1. The van der Waals surface area contributed by atoms with Crippen molar-refractivity contribution in [3.8, 4) is 5.88 Å². The van der Waals surface area contributed by atoms with Gasteiger partial charge in [0.1, 0.15) is 5.56 Å². The lowest BCUT2D eigenvalue weighted by atomic mass is 10.1. The Morgan fingerprint density at radius 1 is 1.65 bits per heavy atom. The largest absolute Gasteiger partial charge is 0.480 e. The van der Waals surface area contributed by atoms with Crippen LogP contribution >= 0.6 is 0 Å². The molecule has 1 aromatic rings. The third kappa shape index (κ3) is 3.36. The first-order chi connectivity index (χ1) is 9.63. The van der Waals surface area contributed by atoms with Crippen LogP contribution in [-0.2, 0) is 0 Å². The van der Waals surface area contributed by atoms with Gasteiger partial charge in [-0.15, -0.1) is 0 Å². The van der Waals surface area contributed by atoms with E-state index in [1.807, 2.05) is 0 Å². The first-order valence-electron chi connectivity index (χ1n) is 6.83. The van der Waals surface area contributed by atoms with Crippen molar-refractivity contribution >= 4 is 11.9 Å². The van der Waals surface area contributed by atoms with Gasteiger partial charge in [-0.25, -0.2) is 4.98 Å². The minimum atomic E-state index is -0.218. The number of nitrogen functional groups attached to an aromatic ring is 1.